The molecule has 0 saturated carbocycles. The molecular formula is C20H24N2O4S. The minimum absolute atomic E-state index is 0.378. The molecule has 0 N–H and O–H groups in total. The van der Waals surface area contributed by atoms with E-state index in [2.05, 4.69) is 4.90 Å². The van der Waals surface area contributed by atoms with E-state index in [-0.39, 0.29) is 5.97 Å². The van der Waals surface area contributed by atoms with Gasteiger partial charge in [0.25, 0.3) is 0 Å². The summed E-state index contributed by atoms with van der Waals surface area (Å²) in [6.45, 7) is 5.64. The van der Waals surface area contributed by atoms with Crippen molar-refractivity contribution in [3.05, 3.63) is 59.2 Å². The number of esters is 1. The van der Waals surface area contributed by atoms with Crippen LogP contribution >= 0.6 is 0 Å². The molecule has 1 saturated heterocycles. The third-order valence-corrected chi connectivity index (χ3v) is 6.87. The van der Waals surface area contributed by atoms with E-state index in [1.165, 1.54) is 11.4 Å². The molecule has 1 aliphatic heterocycles. The molecule has 0 atom stereocenters. The summed E-state index contributed by atoms with van der Waals surface area (Å²) in [5.74, 6) is -0.381. The second-order valence-corrected chi connectivity index (χ2v) is 8.61. The summed E-state index contributed by atoms with van der Waals surface area (Å²) in [5.41, 5.74) is 3.06. The van der Waals surface area contributed by atoms with Gasteiger partial charge in [-0.25, -0.2) is 13.2 Å². The zero-order chi connectivity index (χ0) is 19.6. The van der Waals surface area contributed by atoms with Gasteiger partial charge >= 0.3 is 5.97 Å². The summed E-state index contributed by atoms with van der Waals surface area (Å²) >= 11 is 0. The van der Waals surface area contributed by atoms with Crippen molar-refractivity contribution in [2.24, 2.45) is 0 Å². The van der Waals surface area contributed by atoms with Crippen LogP contribution in [-0.2, 0) is 14.8 Å². The standard InChI is InChI=1S/C20H24N2O4S/c1-15-7-8-16(2)19(13-15)27(24,25)22-11-9-21(10-12-22)18-6-4-5-17(14-18)20(23)26-3/h4-8,13-14H,9-12H2,1-3H3. The fourth-order valence-electron chi connectivity index (χ4n) is 3.26. The Bertz CT molecular complexity index is 948. The first-order chi connectivity index (χ1) is 12.8. The van der Waals surface area contributed by atoms with Gasteiger partial charge in [0.15, 0.2) is 0 Å². The van der Waals surface area contributed by atoms with E-state index < -0.39 is 10.0 Å². The SMILES string of the molecule is COC(=O)c1cccc(N2CCN(S(=O)(=O)c3cc(C)ccc3C)CC2)c1. The van der Waals surface area contributed by atoms with E-state index in [1.54, 1.807) is 24.3 Å². The molecule has 1 fully saturated rings. The zero-order valence-electron chi connectivity index (χ0n) is 15.8. The predicted molar refractivity (Wildman–Crippen MR) is 105 cm³/mol. The van der Waals surface area contributed by atoms with Crippen LogP contribution in [0.3, 0.4) is 0 Å². The maximum atomic E-state index is 13.0. The average Bonchev–Trinajstić information content (AvgIpc) is 2.69. The zero-order valence-corrected chi connectivity index (χ0v) is 16.6. The van der Waals surface area contributed by atoms with Gasteiger partial charge in [-0.15, -0.1) is 0 Å². The molecular weight excluding hydrogens is 364 g/mol. The van der Waals surface area contributed by atoms with Crippen LogP contribution in [0.15, 0.2) is 47.4 Å². The van der Waals surface area contributed by atoms with Crippen molar-refractivity contribution in [1.29, 1.82) is 0 Å². The summed E-state index contributed by atoms with van der Waals surface area (Å²) in [6.07, 6.45) is 0. The van der Waals surface area contributed by atoms with Crippen LogP contribution in [0.25, 0.3) is 0 Å². The molecule has 0 unspecified atom stereocenters. The van der Waals surface area contributed by atoms with Crippen LogP contribution < -0.4 is 4.90 Å². The highest BCUT2D eigenvalue weighted by Crippen LogP contribution is 2.24. The summed E-state index contributed by atoms with van der Waals surface area (Å²) in [5, 5.41) is 0. The maximum Gasteiger partial charge on any atom is 0.337 e. The third-order valence-electron chi connectivity index (χ3n) is 4.83. The average molecular weight is 388 g/mol. The molecule has 0 aliphatic carbocycles. The second-order valence-electron chi connectivity index (χ2n) is 6.70. The fraction of sp³-hybridized carbons (Fsp3) is 0.350. The van der Waals surface area contributed by atoms with Crippen molar-refractivity contribution in [2.45, 2.75) is 18.7 Å². The number of carbonyl (C=O) groups is 1. The molecule has 7 heteroatoms. The van der Waals surface area contributed by atoms with Crippen LogP contribution in [0.2, 0.25) is 0 Å². The Labute approximate surface area is 160 Å². The van der Waals surface area contributed by atoms with E-state index >= 15 is 0 Å². The lowest BCUT2D eigenvalue weighted by Crippen LogP contribution is -2.48. The highest BCUT2D eigenvalue weighted by atomic mass is 32.2. The molecule has 2 aromatic carbocycles. The number of benzene rings is 2. The smallest absolute Gasteiger partial charge is 0.337 e. The van der Waals surface area contributed by atoms with Crippen molar-refractivity contribution < 1.29 is 17.9 Å². The summed E-state index contributed by atoms with van der Waals surface area (Å²) in [6, 6.07) is 12.7. The van der Waals surface area contributed by atoms with Crippen molar-refractivity contribution in [3.63, 3.8) is 0 Å². The predicted octanol–water partition coefficient (Wildman–Crippen LogP) is 2.60. The van der Waals surface area contributed by atoms with E-state index in [4.69, 9.17) is 4.74 Å². The number of carbonyl (C=O) groups excluding carboxylic acids is 1. The van der Waals surface area contributed by atoms with Gasteiger partial charge in [0, 0.05) is 31.9 Å². The molecule has 6 nitrogen and oxygen atoms in total. The Kier molecular flexibility index (Phi) is 5.53. The van der Waals surface area contributed by atoms with E-state index in [0.717, 1.165) is 16.8 Å². The molecule has 1 aliphatic rings. The van der Waals surface area contributed by atoms with Gasteiger partial charge in [0.1, 0.15) is 0 Å². The number of hydrogen-bond acceptors (Lipinski definition) is 5. The Morgan fingerprint density at radius 1 is 1.00 bits per heavy atom. The Morgan fingerprint density at radius 3 is 2.37 bits per heavy atom. The number of anilines is 1. The van der Waals surface area contributed by atoms with Crippen LogP contribution in [0.5, 0.6) is 0 Å². The number of nitrogens with zero attached hydrogens (tertiary/aromatic N) is 2. The minimum Gasteiger partial charge on any atom is -0.465 e. The van der Waals surface area contributed by atoms with Crippen LogP contribution in [0, 0.1) is 13.8 Å². The Morgan fingerprint density at radius 2 is 1.70 bits per heavy atom. The molecule has 2 aromatic rings. The Hall–Kier alpha value is -2.38. The topological polar surface area (TPSA) is 66.9 Å². The highest BCUT2D eigenvalue weighted by molar-refractivity contribution is 7.89. The number of aryl methyl sites for hydroxylation is 2. The first-order valence-electron chi connectivity index (χ1n) is 8.83. The van der Waals surface area contributed by atoms with Gasteiger partial charge in [0.05, 0.1) is 17.6 Å². The number of methoxy groups -OCH3 is 1. The Balaban J connectivity index is 1.75. The molecule has 27 heavy (non-hydrogen) atoms. The molecule has 144 valence electrons. The van der Waals surface area contributed by atoms with Gasteiger partial charge < -0.3 is 9.64 Å². The third kappa shape index (κ3) is 3.99. The number of ether oxygens (including phenoxy) is 1. The highest BCUT2D eigenvalue weighted by Gasteiger charge is 2.29. The quantitative estimate of drug-likeness (QED) is 0.753. The summed E-state index contributed by atoms with van der Waals surface area (Å²) in [7, 11) is -2.16. The summed E-state index contributed by atoms with van der Waals surface area (Å²) < 4.78 is 32.4. The number of rotatable bonds is 4. The maximum absolute atomic E-state index is 13.0. The van der Waals surface area contributed by atoms with Crippen LogP contribution in [-0.4, -0.2) is 52.0 Å². The lowest BCUT2D eigenvalue weighted by atomic mass is 10.2. The van der Waals surface area contributed by atoms with Crippen LogP contribution in [0.1, 0.15) is 21.5 Å². The van der Waals surface area contributed by atoms with Gasteiger partial charge in [0.2, 0.25) is 10.0 Å². The normalized spacial score (nSPS) is 15.6. The van der Waals surface area contributed by atoms with Gasteiger partial charge in [-0.2, -0.15) is 4.31 Å². The van der Waals surface area contributed by atoms with Crippen LogP contribution in [0.4, 0.5) is 5.69 Å². The first-order valence-corrected chi connectivity index (χ1v) is 10.3. The number of hydrogen-bond donors (Lipinski definition) is 0. The molecule has 0 bridgehead atoms. The van der Waals surface area contributed by atoms with Crippen molar-refractivity contribution in [3.8, 4) is 0 Å². The first kappa shape index (κ1) is 19.4. The fourth-order valence-corrected chi connectivity index (χ4v) is 4.99. The van der Waals surface area contributed by atoms with Gasteiger partial charge in [-0.3, -0.25) is 0 Å². The van der Waals surface area contributed by atoms with Crippen molar-refractivity contribution in [1.82, 2.24) is 4.31 Å². The molecule has 3 rings (SSSR count). The summed E-state index contributed by atoms with van der Waals surface area (Å²) in [4.78, 5) is 14.2. The van der Waals surface area contributed by atoms with Crippen molar-refractivity contribution in [2.75, 3.05) is 38.2 Å². The van der Waals surface area contributed by atoms with Crippen molar-refractivity contribution >= 4 is 21.7 Å². The molecule has 0 amide bonds. The second kappa shape index (κ2) is 7.70. The molecule has 0 aromatic heterocycles. The molecule has 0 spiro atoms. The van der Waals surface area contributed by atoms with Gasteiger partial charge in [-0.05, 0) is 49.2 Å². The lowest BCUT2D eigenvalue weighted by molar-refractivity contribution is 0.0600. The molecule has 0 radical (unpaired) electrons. The van der Waals surface area contributed by atoms with E-state index in [1.807, 2.05) is 32.0 Å². The molecule has 1 heterocycles. The van der Waals surface area contributed by atoms with E-state index in [9.17, 15) is 13.2 Å². The van der Waals surface area contributed by atoms with Gasteiger partial charge in [-0.1, -0.05) is 18.2 Å². The lowest BCUT2D eigenvalue weighted by Gasteiger charge is -2.35. The number of sulfonamides is 1. The minimum atomic E-state index is -3.51. The van der Waals surface area contributed by atoms with E-state index in [0.29, 0.717) is 36.6 Å². The monoisotopic (exact) mass is 388 g/mol. The largest absolute Gasteiger partial charge is 0.465 e. The number of piperazine rings is 1.